The summed E-state index contributed by atoms with van der Waals surface area (Å²) in [5, 5.41) is 0.564. The van der Waals surface area contributed by atoms with Crippen LogP contribution in [0.5, 0.6) is 5.75 Å². The molecule has 0 aliphatic carbocycles. The Morgan fingerprint density at radius 2 is 1.62 bits per heavy atom. The number of likely N-dealkylation sites (N-methyl/N-ethyl adjacent to an activating group) is 1. The molecule has 1 heterocycles. The van der Waals surface area contributed by atoms with Crippen molar-refractivity contribution in [2.45, 2.75) is 11.8 Å². The Bertz CT molecular complexity index is 1470. The highest BCUT2D eigenvalue weighted by Gasteiger charge is 2.25. The van der Waals surface area contributed by atoms with Gasteiger partial charge in [-0.2, -0.15) is 0 Å². The van der Waals surface area contributed by atoms with Crippen molar-refractivity contribution in [2.24, 2.45) is 0 Å². The van der Waals surface area contributed by atoms with Crippen LogP contribution in [-0.2, 0) is 10.0 Å². The lowest BCUT2D eigenvalue weighted by Crippen LogP contribution is -2.36. The average molecular weight is 539 g/mol. The number of anilines is 2. The Labute approximate surface area is 221 Å². The van der Waals surface area contributed by atoms with Crippen molar-refractivity contribution in [3.63, 3.8) is 0 Å². The van der Waals surface area contributed by atoms with Gasteiger partial charge in [-0.15, -0.1) is 0 Å². The molecular weight excluding hydrogens is 508 g/mol. The van der Waals surface area contributed by atoms with Gasteiger partial charge in [-0.25, -0.2) is 13.4 Å². The van der Waals surface area contributed by atoms with Crippen molar-refractivity contribution >= 4 is 48.3 Å². The highest BCUT2D eigenvalue weighted by molar-refractivity contribution is 7.92. The molecule has 0 aliphatic rings. The van der Waals surface area contributed by atoms with E-state index in [2.05, 4.69) is 0 Å². The van der Waals surface area contributed by atoms with E-state index in [1.165, 1.54) is 34.8 Å². The van der Waals surface area contributed by atoms with Crippen molar-refractivity contribution in [1.82, 2.24) is 9.88 Å². The van der Waals surface area contributed by atoms with Gasteiger partial charge in [-0.1, -0.05) is 35.6 Å². The summed E-state index contributed by atoms with van der Waals surface area (Å²) < 4.78 is 34.1. The molecule has 0 N–H and O–H groups in total. The quantitative estimate of drug-likeness (QED) is 0.290. The summed E-state index contributed by atoms with van der Waals surface area (Å²) in [6.45, 7) is 3.49. The number of carbonyl (C=O) groups excluding carboxylic acids is 1. The Kier molecular flexibility index (Phi) is 8.11. The topological polar surface area (TPSA) is 83.0 Å². The maximum Gasteiger partial charge on any atom is 0.264 e. The smallest absolute Gasteiger partial charge is 0.264 e. The molecule has 0 atom stereocenters. The number of para-hydroxylation sites is 2. The van der Waals surface area contributed by atoms with E-state index in [4.69, 9.17) is 9.72 Å². The maximum atomic E-state index is 13.6. The molecule has 0 aliphatic heterocycles. The van der Waals surface area contributed by atoms with E-state index in [1.54, 1.807) is 41.3 Å². The number of sulfonamides is 1. The maximum absolute atomic E-state index is 13.6. The summed E-state index contributed by atoms with van der Waals surface area (Å²) in [6.07, 6.45) is 0. The largest absolute Gasteiger partial charge is 0.492 e. The van der Waals surface area contributed by atoms with Crippen LogP contribution in [0.15, 0.2) is 77.7 Å². The zero-order chi connectivity index (χ0) is 26.6. The Morgan fingerprint density at radius 1 is 0.919 bits per heavy atom. The third-order valence-corrected chi connectivity index (χ3v) is 8.64. The normalized spacial score (nSPS) is 11.6. The highest BCUT2D eigenvalue weighted by Crippen LogP contribution is 2.35. The lowest BCUT2D eigenvalue weighted by Gasteiger charge is -2.22. The third-order valence-electron chi connectivity index (χ3n) is 5.80. The molecule has 4 aromatic rings. The van der Waals surface area contributed by atoms with Crippen LogP contribution in [0.2, 0.25) is 0 Å². The molecule has 0 bridgehead atoms. The van der Waals surface area contributed by atoms with Gasteiger partial charge in [0.1, 0.15) is 11.3 Å². The molecule has 0 saturated heterocycles. The summed E-state index contributed by atoms with van der Waals surface area (Å²) in [5.41, 5.74) is 1.65. The molecule has 37 heavy (non-hydrogen) atoms. The molecule has 0 unspecified atom stereocenters. The van der Waals surface area contributed by atoms with Crippen LogP contribution < -0.4 is 13.9 Å². The molecule has 0 spiro atoms. The van der Waals surface area contributed by atoms with Gasteiger partial charge in [0.2, 0.25) is 0 Å². The zero-order valence-electron chi connectivity index (χ0n) is 21.3. The molecule has 3 aromatic carbocycles. The van der Waals surface area contributed by atoms with E-state index in [1.807, 2.05) is 50.2 Å². The van der Waals surface area contributed by atoms with Crippen molar-refractivity contribution in [1.29, 1.82) is 0 Å². The molecule has 1 aromatic heterocycles. The van der Waals surface area contributed by atoms with Crippen LogP contribution >= 0.6 is 11.3 Å². The van der Waals surface area contributed by atoms with Crippen LogP contribution in [-0.4, -0.2) is 65.0 Å². The molecule has 0 fully saturated rings. The standard InChI is InChI=1S/C27H30N4O4S2/c1-5-35-23-12-9-13-24-25(23)28-27(36-24)31(19-18-29(2)3)26(32)20-14-16-22(17-15-20)37(33,34)30(4)21-10-7-6-8-11-21/h6-17H,5,18-19H2,1-4H3. The minimum atomic E-state index is -3.78. The average Bonchev–Trinajstić information content (AvgIpc) is 3.34. The second-order valence-corrected chi connectivity index (χ2v) is 11.6. The number of ether oxygens (including phenoxy) is 1. The van der Waals surface area contributed by atoms with Crippen LogP contribution in [0.1, 0.15) is 17.3 Å². The fourth-order valence-corrected chi connectivity index (χ4v) is 5.95. The van der Waals surface area contributed by atoms with Gasteiger partial charge >= 0.3 is 0 Å². The number of rotatable bonds is 10. The van der Waals surface area contributed by atoms with Crippen molar-refractivity contribution in [3.8, 4) is 5.75 Å². The van der Waals surface area contributed by atoms with E-state index in [9.17, 15) is 13.2 Å². The molecular formula is C27H30N4O4S2. The molecule has 0 radical (unpaired) electrons. The predicted octanol–water partition coefficient (Wildman–Crippen LogP) is 4.73. The second kappa shape index (κ2) is 11.3. The lowest BCUT2D eigenvalue weighted by molar-refractivity contribution is 0.0985. The minimum absolute atomic E-state index is 0.108. The van der Waals surface area contributed by atoms with E-state index < -0.39 is 10.0 Å². The number of amides is 1. The Morgan fingerprint density at radius 3 is 2.27 bits per heavy atom. The number of nitrogens with zero attached hydrogens (tertiary/aromatic N) is 4. The number of hydrogen-bond donors (Lipinski definition) is 0. The van der Waals surface area contributed by atoms with Gasteiger partial charge in [0.05, 0.1) is 21.9 Å². The van der Waals surface area contributed by atoms with Gasteiger partial charge in [0.25, 0.3) is 15.9 Å². The number of fused-ring (bicyclic) bond motifs is 1. The van der Waals surface area contributed by atoms with Crippen LogP contribution in [0, 0.1) is 0 Å². The van der Waals surface area contributed by atoms with Gasteiger partial charge in [-0.3, -0.25) is 14.0 Å². The number of hydrogen-bond acceptors (Lipinski definition) is 7. The number of carbonyl (C=O) groups is 1. The fourth-order valence-electron chi connectivity index (χ4n) is 3.74. The van der Waals surface area contributed by atoms with E-state index in [0.717, 1.165) is 10.2 Å². The first-order valence-corrected chi connectivity index (χ1v) is 14.1. The first-order valence-electron chi connectivity index (χ1n) is 11.9. The molecule has 8 nitrogen and oxygen atoms in total. The Hall–Kier alpha value is -3.47. The van der Waals surface area contributed by atoms with Crippen molar-refractivity contribution in [3.05, 3.63) is 78.4 Å². The summed E-state index contributed by atoms with van der Waals surface area (Å²) in [4.78, 5) is 22.1. The highest BCUT2D eigenvalue weighted by atomic mass is 32.2. The summed E-state index contributed by atoms with van der Waals surface area (Å²) >= 11 is 1.42. The summed E-state index contributed by atoms with van der Waals surface area (Å²) in [7, 11) is 1.61. The van der Waals surface area contributed by atoms with Crippen molar-refractivity contribution < 1.29 is 17.9 Å². The molecule has 1 amide bonds. The van der Waals surface area contributed by atoms with Gasteiger partial charge < -0.3 is 9.64 Å². The summed E-state index contributed by atoms with van der Waals surface area (Å²) in [5.74, 6) is 0.429. The summed E-state index contributed by atoms with van der Waals surface area (Å²) in [6, 6.07) is 20.6. The van der Waals surface area contributed by atoms with Crippen LogP contribution in [0.4, 0.5) is 10.8 Å². The van der Waals surface area contributed by atoms with Crippen LogP contribution in [0.25, 0.3) is 10.2 Å². The SMILES string of the molecule is CCOc1cccc2sc(N(CCN(C)C)C(=O)c3ccc(S(=O)(=O)N(C)c4ccccc4)cc3)nc12. The zero-order valence-corrected chi connectivity index (χ0v) is 22.9. The fraction of sp³-hybridized carbons (Fsp3) is 0.259. The number of thiazole rings is 1. The number of benzene rings is 3. The van der Waals surface area contributed by atoms with Gasteiger partial charge in [0.15, 0.2) is 5.13 Å². The minimum Gasteiger partial charge on any atom is -0.492 e. The van der Waals surface area contributed by atoms with Gasteiger partial charge in [-0.05, 0) is 69.6 Å². The predicted molar refractivity (Wildman–Crippen MR) is 149 cm³/mol. The van der Waals surface area contributed by atoms with E-state index in [-0.39, 0.29) is 10.8 Å². The molecule has 4 rings (SSSR count). The van der Waals surface area contributed by atoms with Crippen LogP contribution in [0.3, 0.4) is 0 Å². The Balaban J connectivity index is 1.64. The van der Waals surface area contributed by atoms with Gasteiger partial charge in [0, 0.05) is 25.7 Å². The second-order valence-electron chi connectivity index (χ2n) is 8.62. The lowest BCUT2D eigenvalue weighted by atomic mass is 10.2. The first-order chi connectivity index (χ1) is 17.7. The first kappa shape index (κ1) is 26.6. The van der Waals surface area contributed by atoms with Crippen molar-refractivity contribution in [2.75, 3.05) is 50.0 Å². The third kappa shape index (κ3) is 5.76. The molecule has 0 saturated carbocycles. The van der Waals surface area contributed by atoms with E-state index in [0.29, 0.717) is 41.8 Å². The molecule has 10 heteroatoms. The monoisotopic (exact) mass is 538 g/mol. The molecule has 194 valence electrons. The van der Waals surface area contributed by atoms with E-state index >= 15 is 0 Å². The number of aromatic nitrogens is 1.